The monoisotopic (exact) mass is 234 g/mol. The van der Waals surface area contributed by atoms with E-state index in [0.717, 1.165) is 27.7 Å². The zero-order valence-corrected chi connectivity index (χ0v) is 10.2. The van der Waals surface area contributed by atoms with Gasteiger partial charge in [-0.05, 0) is 26.0 Å². The Bertz CT molecular complexity index is 465. The quantitative estimate of drug-likeness (QED) is 0.887. The molecular weight excluding hydrogens is 220 g/mol. The molecule has 1 unspecified atom stereocenters. The molecule has 2 aromatic rings. The van der Waals surface area contributed by atoms with Crippen LogP contribution in [0.5, 0.6) is 0 Å². The summed E-state index contributed by atoms with van der Waals surface area (Å²) in [7, 11) is 0. The summed E-state index contributed by atoms with van der Waals surface area (Å²) in [5, 5.41) is 10.5. The van der Waals surface area contributed by atoms with E-state index in [-0.39, 0.29) is 0 Å². The number of rotatable bonds is 3. The van der Waals surface area contributed by atoms with E-state index in [1.54, 1.807) is 24.5 Å². The van der Waals surface area contributed by atoms with Crippen LogP contribution in [0.3, 0.4) is 0 Å². The summed E-state index contributed by atoms with van der Waals surface area (Å²) in [6.07, 6.45) is 2.08. The van der Waals surface area contributed by atoms with E-state index in [2.05, 4.69) is 9.97 Å². The molecule has 0 aliphatic heterocycles. The van der Waals surface area contributed by atoms with Gasteiger partial charge in [0.25, 0.3) is 0 Å². The number of aromatic nitrogens is 2. The van der Waals surface area contributed by atoms with Crippen molar-refractivity contribution in [1.29, 1.82) is 0 Å². The lowest BCUT2D eigenvalue weighted by Crippen LogP contribution is -1.90. The molecule has 0 amide bonds. The van der Waals surface area contributed by atoms with Crippen LogP contribution in [-0.4, -0.2) is 15.1 Å². The van der Waals surface area contributed by atoms with Gasteiger partial charge >= 0.3 is 0 Å². The lowest BCUT2D eigenvalue weighted by molar-refractivity contribution is 0.202. The SMILES string of the molecule is Cc1nc(Cc2ccccn2)sc1C(C)O. The van der Waals surface area contributed by atoms with Crippen molar-refractivity contribution in [3.8, 4) is 0 Å². The highest BCUT2D eigenvalue weighted by molar-refractivity contribution is 7.11. The van der Waals surface area contributed by atoms with E-state index < -0.39 is 6.10 Å². The van der Waals surface area contributed by atoms with Crippen LogP contribution >= 0.6 is 11.3 Å². The van der Waals surface area contributed by atoms with Crippen LogP contribution in [-0.2, 0) is 6.42 Å². The Hall–Kier alpha value is -1.26. The molecule has 0 fully saturated rings. The van der Waals surface area contributed by atoms with E-state index in [1.807, 2.05) is 25.1 Å². The molecule has 1 N–H and O–H groups in total. The lowest BCUT2D eigenvalue weighted by Gasteiger charge is -1.98. The molecule has 2 rings (SSSR count). The highest BCUT2D eigenvalue weighted by atomic mass is 32.1. The van der Waals surface area contributed by atoms with Crippen LogP contribution in [0.25, 0.3) is 0 Å². The predicted octanol–water partition coefficient (Wildman–Crippen LogP) is 2.49. The van der Waals surface area contributed by atoms with Crippen LogP contribution in [0.15, 0.2) is 24.4 Å². The van der Waals surface area contributed by atoms with Gasteiger partial charge in [-0.1, -0.05) is 6.07 Å². The first-order valence-corrected chi connectivity index (χ1v) is 6.02. The average Bonchev–Trinajstić information content (AvgIpc) is 2.61. The van der Waals surface area contributed by atoms with Crippen LogP contribution in [0.1, 0.15) is 34.3 Å². The van der Waals surface area contributed by atoms with Crippen molar-refractivity contribution in [3.63, 3.8) is 0 Å². The fourth-order valence-electron chi connectivity index (χ4n) is 1.59. The molecule has 0 radical (unpaired) electrons. The molecule has 16 heavy (non-hydrogen) atoms. The number of aliphatic hydroxyl groups excluding tert-OH is 1. The van der Waals surface area contributed by atoms with Gasteiger partial charge in [0.1, 0.15) is 0 Å². The van der Waals surface area contributed by atoms with Crippen molar-refractivity contribution in [3.05, 3.63) is 45.7 Å². The van der Waals surface area contributed by atoms with Crippen molar-refractivity contribution in [2.45, 2.75) is 26.4 Å². The van der Waals surface area contributed by atoms with Crippen molar-refractivity contribution in [2.24, 2.45) is 0 Å². The molecule has 3 nitrogen and oxygen atoms in total. The summed E-state index contributed by atoms with van der Waals surface area (Å²) in [6, 6.07) is 5.86. The summed E-state index contributed by atoms with van der Waals surface area (Å²) in [5.74, 6) is 0. The molecule has 4 heteroatoms. The third-order valence-electron chi connectivity index (χ3n) is 2.31. The smallest absolute Gasteiger partial charge is 0.0991 e. The second-order valence-corrected chi connectivity index (χ2v) is 4.85. The second-order valence-electron chi connectivity index (χ2n) is 3.73. The maximum Gasteiger partial charge on any atom is 0.0991 e. The number of hydrogen-bond donors (Lipinski definition) is 1. The molecule has 0 aliphatic carbocycles. The Kier molecular flexibility index (Phi) is 3.31. The molecule has 0 bridgehead atoms. The third-order valence-corrected chi connectivity index (χ3v) is 3.64. The first-order valence-electron chi connectivity index (χ1n) is 5.21. The zero-order valence-electron chi connectivity index (χ0n) is 9.34. The number of aryl methyl sites for hydroxylation is 1. The summed E-state index contributed by atoms with van der Waals surface area (Å²) >= 11 is 1.56. The Morgan fingerprint density at radius 2 is 2.25 bits per heavy atom. The second kappa shape index (κ2) is 4.72. The largest absolute Gasteiger partial charge is 0.388 e. The molecule has 2 heterocycles. The van der Waals surface area contributed by atoms with E-state index in [1.165, 1.54) is 0 Å². The summed E-state index contributed by atoms with van der Waals surface area (Å²) < 4.78 is 0. The van der Waals surface area contributed by atoms with Crippen LogP contribution in [0, 0.1) is 6.92 Å². The number of pyridine rings is 1. The summed E-state index contributed by atoms with van der Waals surface area (Å²) in [5.41, 5.74) is 1.93. The fraction of sp³-hybridized carbons (Fsp3) is 0.333. The van der Waals surface area contributed by atoms with E-state index in [0.29, 0.717) is 0 Å². The van der Waals surface area contributed by atoms with Gasteiger partial charge in [-0.15, -0.1) is 11.3 Å². The number of nitrogens with zero attached hydrogens (tertiary/aromatic N) is 2. The van der Waals surface area contributed by atoms with Gasteiger partial charge in [0.15, 0.2) is 0 Å². The molecule has 0 aromatic carbocycles. The normalized spacial score (nSPS) is 12.7. The zero-order chi connectivity index (χ0) is 11.5. The minimum Gasteiger partial charge on any atom is -0.388 e. The van der Waals surface area contributed by atoms with Crippen molar-refractivity contribution in [2.75, 3.05) is 0 Å². The van der Waals surface area contributed by atoms with Gasteiger partial charge in [-0.25, -0.2) is 4.98 Å². The molecule has 2 aromatic heterocycles. The van der Waals surface area contributed by atoms with Crippen molar-refractivity contribution < 1.29 is 5.11 Å². The van der Waals surface area contributed by atoms with E-state index in [9.17, 15) is 5.11 Å². The first-order chi connectivity index (χ1) is 7.66. The molecular formula is C12H14N2OS. The first kappa shape index (κ1) is 11.2. The van der Waals surface area contributed by atoms with Gasteiger partial charge in [-0.3, -0.25) is 4.98 Å². The molecule has 84 valence electrons. The minimum atomic E-state index is -0.435. The number of aliphatic hydroxyl groups is 1. The molecule has 0 aliphatic rings. The molecule has 0 saturated carbocycles. The molecule has 0 saturated heterocycles. The van der Waals surface area contributed by atoms with Gasteiger partial charge in [0.05, 0.1) is 21.7 Å². The summed E-state index contributed by atoms with van der Waals surface area (Å²) in [4.78, 5) is 9.66. The average molecular weight is 234 g/mol. The van der Waals surface area contributed by atoms with Gasteiger partial charge < -0.3 is 5.11 Å². The fourth-order valence-corrected chi connectivity index (χ4v) is 2.61. The maximum atomic E-state index is 9.54. The maximum absolute atomic E-state index is 9.54. The highest BCUT2D eigenvalue weighted by Crippen LogP contribution is 2.25. The molecule has 1 atom stereocenters. The van der Waals surface area contributed by atoms with Gasteiger partial charge in [0.2, 0.25) is 0 Å². The Morgan fingerprint density at radius 1 is 1.44 bits per heavy atom. The van der Waals surface area contributed by atoms with Crippen LogP contribution < -0.4 is 0 Å². The highest BCUT2D eigenvalue weighted by Gasteiger charge is 2.12. The van der Waals surface area contributed by atoms with Crippen LogP contribution in [0.2, 0.25) is 0 Å². The Morgan fingerprint density at radius 3 is 2.81 bits per heavy atom. The topological polar surface area (TPSA) is 46.0 Å². The Balaban J connectivity index is 2.20. The van der Waals surface area contributed by atoms with Crippen molar-refractivity contribution in [1.82, 2.24) is 9.97 Å². The van der Waals surface area contributed by atoms with Gasteiger partial charge in [0, 0.05) is 18.3 Å². The number of thiazole rings is 1. The third kappa shape index (κ3) is 2.46. The van der Waals surface area contributed by atoms with Crippen molar-refractivity contribution >= 4 is 11.3 Å². The number of hydrogen-bond acceptors (Lipinski definition) is 4. The predicted molar refractivity (Wildman–Crippen MR) is 64.5 cm³/mol. The van der Waals surface area contributed by atoms with Gasteiger partial charge in [-0.2, -0.15) is 0 Å². The summed E-state index contributed by atoms with van der Waals surface area (Å²) in [6.45, 7) is 3.70. The van der Waals surface area contributed by atoms with E-state index >= 15 is 0 Å². The van der Waals surface area contributed by atoms with E-state index in [4.69, 9.17) is 0 Å². The molecule has 0 spiro atoms. The van der Waals surface area contributed by atoms with Crippen LogP contribution in [0.4, 0.5) is 0 Å². The lowest BCUT2D eigenvalue weighted by atomic mass is 10.3. The Labute approximate surface area is 98.8 Å². The minimum absolute atomic E-state index is 0.435. The standard InChI is InChI=1S/C12H14N2OS/c1-8-12(9(2)15)16-11(14-8)7-10-5-3-4-6-13-10/h3-6,9,15H,7H2,1-2H3.